The van der Waals surface area contributed by atoms with Gasteiger partial charge in [0.15, 0.2) is 0 Å². The lowest BCUT2D eigenvalue weighted by Crippen LogP contribution is -2.06. The summed E-state index contributed by atoms with van der Waals surface area (Å²) in [6.45, 7) is 4.11. The van der Waals surface area contributed by atoms with E-state index in [-0.39, 0.29) is 0 Å². The Morgan fingerprint density at radius 1 is 0.682 bits per heavy atom. The van der Waals surface area contributed by atoms with Crippen molar-refractivity contribution in [1.29, 1.82) is 0 Å². The number of benzene rings is 2. The molecular weight excluding hydrogens is 348 g/mol. The Balaban J connectivity index is 1.76. The van der Waals surface area contributed by atoms with Gasteiger partial charge in [-0.3, -0.25) is 0 Å². The van der Waals surface area contributed by atoms with Crippen LogP contribution in [0, 0.1) is 13.8 Å². The molecule has 0 fully saturated rings. The van der Waals surface area contributed by atoms with E-state index in [1.165, 1.54) is 32.7 Å². The van der Waals surface area contributed by atoms with E-state index in [1.807, 2.05) is 48.5 Å². The van der Waals surface area contributed by atoms with E-state index in [2.05, 4.69) is 24.5 Å². The largest absolute Gasteiger partial charge is 0.340 e. The summed E-state index contributed by atoms with van der Waals surface area (Å²) in [4.78, 5) is 0. The molecule has 0 aliphatic heterocycles. The van der Waals surface area contributed by atoms with E-state index >= 15 is 0 Å². The van der Waals surface area contributed by atoms with Crippen molar-refractivity contribution in [3.05, 3.63) is 59.7 Å². The van der Waals surface area contributed by atoms with Gasteiger partial charge in [-0.1, -0.05) is 59.8 Å². The van der Waals surface area contributed by atoms with Gasteiger partial charge in [-0.25, -0.2) is 0 Å². The van der Waals surface area contributed by atoms with Crippen molar-refractivity contribution in [3.8, 4) is 0 Å². The van der Waals surface area contributed by atoms with E-state index in [0.717, 1.165) is 11.4 Å². The Morgan fingerprint density at radius 3 is 1.32 bits per heavy atom. The smallest absolute Gasteiger partial charge is 0.149 e. The average Bonchev–Trinajstić information content (AvgIpc) is 2.50. The van der Waals surface area contributed by atoms with E-state index in [4.69, 9.17) is 24.4 Å². The lowest BCUT2D eigenvalue weighted by Gasteiger charge is -2.09. The van der Waals surface area contributed by atoms with Gasteiger partial charge in [-0.05, 0) is 59.7 Å². The van der Waals surface area contributed by atoms with Gasteiger partial charge < -0.3 is 10.6 Å². The maximum absolute atomic E-state index is 5.31. The molecular formula is C16H16N2S4. The predicted octanol–water partition coefficient (Wildman–Crippen LogP) is 5.78. The van der Waals surface area contributed by atoms with Gasteiger partial charge in [0.1, 0.15) is 8.64 Å². The van der Waals surface area contributed by atoms with Crippen molar-refractivity contribution in [1.82, 2.24) is 0 Å². The molecule has 0 saturated heterocycles. The molecule has 0 aliphatic rings. The minimum absolute atomic E-state index is 0.682. The molecule has 2 N–H and O–H groups in total. The van der Waals surface area contributed by atoms with Gasteiger partial charge in [0.25, 0.3) is 0 Å². The zero-order valence-corrected chi connectivity index (χ0v) is 15.5. The summed E-state index contributed by atoms with van der Waals surface area (Å²) in [6, 6.07) is 16.2. The first-order chi connectivity index (χ1) is 10.5. The van der Waals surface area contributed by atoms with Gasteiger partial charge in [0.05, 0.1) is 0 Å². The van der Waals surface area contributed by atoms with Crippen molar-refractivity contribution < 1.29 is 0 Å². The van der Waals surface area contributed by atoms with Crippen LogP contribution in [0.15, 0.2) is 48.5 Å². The average molecular weight is 365 g/mol. The highest BCUT2D eigenvalue weighted by molar-refractivity contribution is 8.89. The molecule has 2 aromatic carbocycles. The van der Waals surface area contributed by atoms with Crippen LogP contribution in [0.4, 0.5) is 11.4 Å². The molecule has 114 valence electrons. The molecule has 2 aromatic rings. The van der Waals surface area contributed by atoms with E-state index in [9.17, 15) is 0 Å². The monoisotopic (exact) mass is 364 g/mol. The summed E-state index contributed by atoms with van der Waals surface area (Å²) in [6.07, 6.45) is 0. The second-order valence-electron chi connectivity index (χ2n) is 4.72. The minimum atomic E-state index is 0.682. The molecule has 0 radical (unpaired) electrons. The Morgan fingerprint density at radius 2 is 1.00 bits per heavy atom. The Bertz CT molecular complexity index is 591. The third-order valence-corrected chi connectivity index (χ3v) is 5.97. The molecule has 0 spiro atoms. The quantitative estimate of drug-likeness (QED) is 0.518. The highest BCUT2D eigenvalue weighted by atomic mass is 33.1. The maximum Gasteiger partial charge on any atom is 0.149 e. The Kier molecular flexibility index (Phi) is 6.70. The van der Waals surface area contributed by atoms with Gasteiger partial charge in [0.2, 0.25) is 0 Å². The molecule has 0 unspecified atom stereocenters. The fourth-order valence-corrected chi connectivity index (χ4v) is 3.65. The van der Waals surface area contributed by atoms with Crippen LogP contribution in [-0.2, 0) is 0 Å². The van der Waals surface area contributed by atoms with Crippen molar-refractivity contribution in [3.63, 3.8) is 0 Å². The summed E-state index contributed by atoms with van der Waals surface area (Å²) in [5.74, 6) is 0. The lowest BCUT2D eigenvalue weighted by molar-refractivity contribution is 1.47. The number of thiocarbonyl (C=S) groups is 2. The Labute approximate surface area is 149 Å². The molecule has 0 aromatic heterocycles. The zero-order valence-electron chi connectivity index (χ0n) is 12.3. The van der Waals surface area contributed by atoms with Crippen molar-refractivity contribution in [2.75, 3.05) is 10.6 Å². The maximum atomic E-state index is 5.31. The van der Waals surface area contributed by atoms with Crippen molar-refractivity contribution in [2.45, 2.75) is 13.8 Å². The van der Waals surface area contributed by atoms with Crippen LogP contribution in [0.3, 0.4) is 0 Å². The third-order valence-electron chi connectivity index (χ3n) is 2.79. The van der Waals surface area contributed by atoms with Crippen LogP contribution in [0.25, 0.3) is 0 Å². The van der Waals surface area contributed by atoms with Crippen LogP contribution >= 0.6 is 46.0 Å². The summed E-state index contributed by atoms with van der Waals surface area (Å²) in [5, 5.41) is 6.36. The third kappa shape index (κ3) is 5.96. The normalized spacial score (nSPS) is 10.1. The number of anilines is 2. The predicted molar refractivity (Wildman–Crippen MR) is 110 cm³/mol. The number of aryl methyl sites for hydroxylation is 2. The first kappa shape index (κ1) is 17.3. The number of nitrogens with one attached hydrogen (secondary N) is 2. The number of hydrogen-bond donors (Lipinski definition) is 2. The van der Waals surface area contributed by atoms with Gasteiger partial charge in [-0.2, -0.15) is 0 Å². The fourth-order valence-electron chi connectivity index (χ4n) is 1.63. The van der Waals surface area contributed by atoms with Crippen molar-refractivity contribution >= 4 is 66.0 Å². The van der Waals surface area contributed by atoms with Gasteiger partial charge in [0, 0.05) is 11.4 Å². The topological polar surface area (TPSA) is 24.1 Å². The minimum Gasteiger partial charge on any atom is -0.340 e. The number of hydrogen-bond acceptors (Lipinski definition) is 4. The molecule has 2 rings (SSSR count). The zero-order chi connectivity index (χ0) is 15.9. The molecule has 0 saturated carbocycles. The molecule has 0 atom stereocenters. The molecule has 0 bridgehead atoms. The first-order valence-electron chi connectivity index (χ1n) is 6.63. The second-order valence-corrected chi connectivity index (χ2v) is 8.21. The van der Waals surface area contributed by atoms with Crippen LogP contribution in [0.5, 0.6) is 0 Å². The van der Waals surface area contributed by atoms with Crippen molar-refractivity contribution in [2.24, 2.45) is 0 Å². The molecule has 0 heterocycles. The summed E-state index contributed by atoms with van der Waals surface area (Å²) in [5.41, 5.74) is 4.42. The second kappa shape index (κ2) is 8.53. The van der Waals surface area contributed by atoms with E-state index < -0.39 is 0 Å². The highest BCUT2D eigenvalue weighted by Crippen LogP contribution is 2.27. The fraction of sp³-hybridized carbons (Fsp3) is 0.125. The van der Waals surface area contributed by atoms with Crippen LogP contribution in [0.1, 0.15) is 11.1 Å². The standard InChI is InChI=1S/C16H16N2S4/c1-11-3-7-13(8-4-11)17-15(19)21-22-16(20)18-14-9-5-12(2)6-10-14/h3-10H,1-2H3,(H,17,19)(H,18,20). The molecule has 2 nitrogen and oxygen atoms in total. The lowest BCUT2D eigenvalue weighted by atomic mass is 10.2. The summed E-state index contributed by atoms with van der Waals surface area (Å²) in [7, 11) is 2.88. The van der Waals surface area contributed by atoms with Gasteiger partial charge >= 0.3 is 0 Å². The van der Waals surface area contributed by atoms with E-state index in [0.29, 0.717) is 8.64 Å². The summed E-state index contributed by atoms with van der Waals surface area (Å²) < 4.78 is 1.36. The number of rotatable bonds is 2. The van der Waals surface area contributed by atoms with Crippen LogP contribution in [0.2, 0.25) is 0 Å². The van der Waals surface area contributed by atoms with E-state index in [1.54, 1.807) is 0 Å². The molecule has 0 amide bonds. The van der Waals surface area contributed by atoms with Gasteiger partial charge in [-0.15, -0.1) is 0 Å². The SMILES string of the molecule is Cc1ccc(NC(=S)SSC(=S)Nc2ccc(C)cc2)cc1. The molecule has 22 heavy (non-hydrogen) atoms. The molecule has 0 aliphatic carbocycles. The first-order valence-corrected chi connectivity index (χ1v) is 9.59. The Hall–Kier alpha value is -1.08. The van der Waals surface area contributed by atoms with Crippen LogP contribution in [-0.4, -0.2) is 8.64 Å². The highest BCUT2D eigenvalue weighted by Gasteiger charge is 2.04. The summed E-state index contributed by atoms with van der Waals surface area (Å²) >= 11 is 10.6. The molecule has 6 heteroatoms. The van der Waals surface area contributed by atoms with Crippen LogP contribution < -0.4 is 10.6 Å².